The molecule has 0 heterocycles. The van der Waals surface area contributed by atoms with E-state index in [0.29, 0.717) is 18.9 Å². The maximum Gasteiger partial charge on any atom is 0.237 e. The van der Waals surface area contributed by atoms with E-state index in [9.17, 15) is 9.18 Å². The standard InChI is InChI=1S/C19H23FN2O2/c1-13(2)18(21)19(23)22-11-14-6-8-15(9-7-14)12-24-17-5-3-4-16(20)10-17/h3-10,13,18H,11-12,21H2,1-2H3,(H,22,23)/t18-/m0/s1. The van der Waals surface area contributed by atoms with Crippen LogP contribution in [0.25, 0.3) is 0 Å². The number of nitrogens with one attached hydrogen (secondary N) is 1. The number of carbonyl (C=O) groups excluding carboxylic acids is 1. The highest BCUT2D eigenvalue weighted by Gasteiger charge is 2.16. The van der Waals surface area contributed by atoms with Crippen LogP contribution < -0.4 is 15.8 Å². The van der Waals surface area contributed by atoms with E-state index in [2.05, 4.69) is 5.32 Å². The van der Waals surface area contributed by atoms with Gasteiger partial charge in [-0.25, -0.2) is 4.39 Å². The summed E-state index contributed by atoms with van der Waals surface area (Å²) < 4.78 is 18.6. The molecule has 3 N–H and O–H groups in total. The van der Waals surface area contributed by atoms with E-state index in [-0.39, 0.29) is 17.6 Å². The van der Waals surface area contributed by atoms with Crippen LogP contribution in [0.4, 0.5) is 4.39 Å². The summed E-state index contributed by atoms with van der Waals surface area (Å²) in [5.74, 6) is 0.128. The summed E-state index contributed by atoms with van der Waals surface area (Å²) in [5, 5.41) is 2.83. The maximum atomic E-state index is 13.1. The van der Waals surface area contributed by atoms with Gasteiger partial charge in [0.15, 0.2) is 0 Å². The van der Waals surface area contributed by atoms with Crippen LogP contribution in [0.3, 0.4) is 0 Å². The van der Waals surface area contributed by atoms with Gasteiger partial charge in [0.05, 0.1) is 6.04 Å². The Kier molecular flexibility index (Phi) is 6.32. The highest BCUT2D eigenvalue weighted by molar-refractivity contribution is 5.81. The van der Waals surface area contributed by atoms with Gasteiger partial charge >= 0.3 is 0 Å². The van der Waals surface area contributed by atoms with E-state index in [0.717, 1.165) is 11.1 Å². The predicted molar refractivity (Wildman–Crippen MR) is 91.8 cm³/mol. The third-order valence-corrected chi connectivity index (χ3v) is 3.71. The zero-order valence-corrected chi connectivity index (χ0v) is 14.0. The summed E-state index contributed by atoms with van der Waals surface area (Å²) >= 11 is 0. The number of ether oxygens (including phenoxy) is 1. The Morgan fingerprint density at radius 3 is 2.46 bits per heavy atom. The lowest BCUT2D eigenvalue weighted by molar-refractivity contribution is -0.123. The Bertz CT molecular complexity index is 671. The molecule has 0 aliphatic rings. The summed E-state index contributed by atoms with van der Waals surface area (Å²) in [6.45, 7) is 4.62. The van der Waals surface area contributed by atoms with Crippen LogP contribution in [0, 0.1) is 11.7 Å². The number of amides is 1. The molecule has 2 rings (SSSR count). The molecule has 128 valence electrons. The molecule has 0 aliphatic heterocycles. The summed E-state index contributed by atoms with van der Waals surface area (Å²) in [6, 6.07) is 13.2. The molecule has 2 aromatic carbocycles. The van der Waals surface area contributed by atoms with Crippen molar-refractivity contribution in [1.29, 1.82) is 0 Å². The van der Waals surface area contributed by atoms with Crippen LogP contribution in [-0.4, -0.2) is 11.9 Å². The molecule has 0 unspecified atom stereocenters. The molecule has 5 heteroatoms. The molecule has 1 amide bonds. The average Bonchev–Trinajstić information content (AvgIpc) is 2.58. The number of hydrogen-bond acceptors (Lipinski definition) is 3. The number of nitrogens with two attached hydrogens (primary N) is 1. The van der Waals surface area contributed by atoms with Gasteiger partial charge in [0.2, 0.25) is 5.91 Å². The second kappa shape index (κ2) is 8.45. The van der Waals surface area contributed by atoms with Gasteiger partial charge in [0.1, 0.15) is 18.2 Å². The number of benzene rings is 2. The van der Waals surface area contributed by atoms with Crippen LogP contribution in [0.2, 0.25) is 0 Å². The number of carbonyl (C=O) groups is 1. The Labute approximate surface area is 141 Å². The summed E-state index contributed by atoms with van der Waals surface area (Å²) in [4.78, 5) is 11.8. The van der Waals surface area contributed by atoms with Crippen molar-refractivity contribution in [2.45, 2.75) is 33.0 Å². The minimum Gasteiger partial charge on any atom is -0.489 e. The molecule has 0 saturated carbocycles. The number of rotatable bonds is 7. The van der Waals surface area contributed by atoms with E-state index >= 15 is 0 Å². The van der Waals surface area contributed by atoms with Gasteiger partial charge in [-0.2, -0.15) is 0 Å². The van der Waals surface area contributed by atoms with E-state index < -0.39 is 6.04 Å². The number of hydrogen-bond donors (Lipinski definition) is 2. The van der Waals surface area contributed by atoms with Crippen LogP contribution in [0.15, 0.2) is 48.5 Å². The molecule has 0 aromatic heterocycles. The van der Waals surface area contributed by atoms with E-state index in [4.69, 9.17) is 10.5 Å². The van der Waals surface area contributed by atoms with Crippen molar-refractivity contribution in [3.05, 3.63) is 65.5 Å². The van der Waals surface area contributed by atoms with Gasteiger partial charge in [-0.1, -0.05) is 44.2 Å². The van der Waals surface area contributed by atoms with Crippen molar-refractivity contribution in [3.63, 3.8) is 0 Å². The third-order valence-electron chi connectivity index (χ3n) is 3.71. The van der Waals surface area contributed by atoms with Crippen molar-refractivity contribution in [1.82, 2.24) is 5.32 Å². The van der Waals surface area contributed by atoms with E-state index in [1.165, 1.54) is 12.1 Å². The van der Waals surface area contributed by atoms with Gasteiger partial charge in [-0.05, 0) is 29.2 Å². The molecular weight excluding hydrogens is 307 g/mol. The molecule has 0 spiro atoms. The van der Waals surface area contributed by atoms with Gasteiger partial charge in [0.25, 0.3) is 0 Å². The summed E-state index contributed by atoms with van der Waals surface area (Å²) in [7, 11) is 0. The first-order valence-corrected chi connectivity index (χ1v) is 7.95. The largest absolute Gasteiger partial charge is 0.489 e. The van der Waals surface area contributed by atoms with Crippen LogP contribution in [0.5, 0.6) is 5.75 Å². The highest BCUT2D eigenvalue weighted by atomic mass is 19.1. The Morgan fingerprint density at radius 2 is 1.83 bits per heavy atom. The zero-order chi connectivity index (χ0) is 17.5. The number of halogens is 1. The molecule has 1 atom stereocenters. The Hall–Kier alpha value is -2.40. The molecule has 24 heavy (non-hydrogen) atoms. The molecule has 0 radical (unpaired) electrons. The lowest BCUT2D eigenvalue weighted by atomic mass is 10.0. The third kappa shape index (κ3) is 5.35. The first kappa shape index (κ1) is 17.9. The minimum absolute atomic E-state index is 0.104. The fourth-order valence-corrected chi connectivity index (χ4v) is 2.09. The first-order chi connectivity index (χ1) is 11.5. The van der Waals surface area contributed by atoms with Crippen molar-refractivity contribution < 1.29 is 13.9 Å². The second-order valence-corrected chi connectivity index (χ2v) is 6.05. The average molecular weight is 330 g/mol. The molecule has 0 bridgehead atoms. The summed E-state index contributed by atoms with van der Waals surface area (Å²) in [5.41, 5.74) is 7.74. The smallest absolute Gasteiger partial charge is 0.237 e. The molecule has 0 fully saturated rings. The SMILES string of the molecule is CC(C)[C@H](N)C(=O)NCc1ccc(COc2cccc(F)c2)cc1. The topological polar surface area (TPSA) is 64.4 Å². The monoisotopic (exact) mass is 330 g/mol. The first-order valence-electron chi connectivity index (χ1n) is 7.95. The predicted octanol–water partition coefficient (Wildman–Crippen LogP) is 3.00. The van der Waals surface area contributed by atoms with Gasteiger partial charge in [-0.3, -0.25) is 4.79 Å². The second-order valence-electron chi connectivity index (χ2n) is 6.05. The van der Waals surface area contributed by atoms with Crippen molar-refractivity contribution in [2.75, 3.05) is 0 Å². The molecule has 2 aromatic rings. The molecule has 0 saturated heterocycles. The highest BCUT2D eigenvalue weighted by Crippen LogP contribution is 2.14. The molecule has 0 aliphatic carbocycles. The van der Waals surface area contributed by atoms with Gasteiger partial charge < -0.3 is 15.8 Å². The fraction of sp³-hybridized carbons (Fsp3) is 0.316. The Balaban J connectivity index is 1.83. The van der Waals surface area contributed by atoms with Gasteiger partial charge in [0, 0.05) is 12.6 Å². The van der Waals surface area contributed by atoms with Crippen molar-refractivity contribution >= 4 is 5.91 Å². The summed E-state index contributed by atoms with van der Waals surface area (Å²) in [6.07, 6.45) is 0. The van der Waals surface area contributed by atoms with Crippen molar-refractivity contribution in [3.8, 4) is 5.75 Å². The molecule has 4 nitrogen and oxygen atoms in total. The van der Waals surface area contributed by atoms with E-state index in [1.54, 1.807) is 12.1 Å². The Morgan fingerprint density at radius 1 is 1.17 bits per heavy atom. The maximum absolute atomic E-state index is 13.1. The quantitative estimate of drug-likeness (QED) is 0.820. The van der Waals surface area contributed by atoms with Crippen LogP contribution in [-0.2, 0) is 17.9 Å². The normalized spacial score (nSPS) is 12.0. The lowest BCUT2D eigenvalue weighted by Crippen LogP contribution is -2.43. The minimum atomic E-state index is -0.496. The van der Waals surface area contributed by atoms with Crippen LogP contribution >= 0.6 is 0 Å². The van der Waals surface area contributed by atoms with E-state index in [1.807, 2.05) is 38.1 Å². The van der Waals surface area contributed by atoms with Crippen molar-refractivity contribution in [2.24, 2.45) is 11.7 Å². The zero-order valence-electron chi connectivity index (χ0n) is 14.0. The van der Waals surface area contributed by atoms with Crippen LogP contribution in [0.1, 0.15) is 25.0 Å². The lowest BCUT2D eigenvalue weighted by Gasteiger charge is -2.15. The molecular formula is C19H23FN2O2. The van der Waals surface area contributed by atoms with Gasteiger partial charge in [-0.15, -0.1) is 0 Å². The fourth-order valence-electron chi connectivity index (χ4n) is 2.09.